The molecule has 0 bridgehead atoms. The van der Waals surface area contributed by atoms with Crippen LogP contribution in [0.15, 0.2) is 36.7 Å². The molecule has 1 aromatic heterocycles. The Kier molecular flexibility index (Phi) is 17.1. The molecule has 3 rings (SSSR count). The van der Waals surface area contributed by atoms with Gasteiger partial charge in [-0.05, 0) is 61.1 Å². The zero-order valence-corrected chi connectivity index (χ0v) is 34.0. The molecule has 1 aliphatic rings. The van der Waals surface area contributed by atoms with Crippen LogP contribution in [0.2, 0.25) is 0 Å². The number of amides is 4. The number of likely N-dealkylation sites (N-methyl/N-ethyl adjacent to an activating group) is 2. The van der Waals surface area contributed by atoms with Crippen LogP contribution in [-0.2, 0) is 35.1 Å². The largest absolute Gasteiger partial charge is 0.379 e. The summed E-state index contributed by atoms with van der Waals surface area (Å²) in [6.45, 7) is 14.7. The zero-order valence-electron chi connectivity index (χ0n) is 34.0. The molecule has 2 aromatic rings. The molecule has 1 fully saturated rings. The van der Waals surface area contributed by atoms with Crippen molar-refractivity contribution in [1.29, 1.82) is 0 Å². The highest BCUT2D eigenvalue weighted by Crippen LogP contribution is 2.30. The standard InChI is InChI=1S/C41H66N6O6/c1-12-27(6)37(46(9)41(51)36(26(4)5)45-40(50)35(42-8)25(2)3)33(52-10)23-34(48)47-22-14-17-32(47)38(53-11)28(7)39(49)44-21-18-29-15-13-16-30-24-43-20-19-31(29)30/h13,15-16,19-20,24-28,32-33,35-38,42H,12,14,17-18,21-23H2,1-11H3,(H,44,49)(H,45,50)/t27-,28+,32-,33+,35-,36-,37?,38+/m0/s1. The van der Waals surface area contributed by atoms with E-state index in [4.69, 9.17) is 9.47 Å². The van der Waals surface area contributed by atoms with Crippen LogP contribution in [0.3, 0.4) is 0 Å². The molecule has 8 atom stereocenters. The first-order valence-electron chi connectivity index (χ1n) is 19.4. The Hall–Kier alpha value is -3.61. The topological polar surface area (TPSA) is 142 Å². The second-order valence-corrected chi connectivity index (χ2v) is 15.4. The molecule has 0 aliphatic carbocycles. The van der Waals surface area contributed by atoms with Crippen LogP contribution in [0, 0.1) is 23.7 Å². The number of likely N-dealkylation sites (tertiary alicyclic amines) is 1. The lowest BCUT2D eigenvalue weighted by molar-refractivity contribution is -0.147. The average molecular weight is 739 g/mol. The summed E-state index contributed by atoms with van der Waals surface area (Å²) in [7, 11) is 6.66. The first kappa shape index (κ1) is 43.8. The first-order valence-corrected chi connectivity index (χ1v) is 19.4. The van der Waals surface area contributed by atoms with Crippen LogP contribution in [0.5, 0.6) is 0 Å². The SMILES string of the molecule is CC[C@H](C)C([C@@H](CC(=O)N1CCC[C@H]1[C@H](OC)[C@@H](C)C(=O)NCCc1cccc2cnccc12)OC)N(C)C(=O)[C@@H](NC(=O)[C@@H](NC)C(C)C)C(C)C. The van der Waals surface area contributed by atoms with Gasteiger partial charge >= 0.3 is 0 Å². The molecular formula is C41H66N6O6. The van der Waals surface area contributed by atoms with E-state index in [-0.39, 0.29) is 53.8 Å². The van der Waals surface area contributed by atoms with Crippen molar-refractivity contribution in [2.24, 2.45) is 23.7 Å². The van der Waals surface area contributed by atoms with Crippen molar-refractivity contribution in [3.05, 3.63) is 42.2 Å². The lowest BCUT2D eigenvalue weighted by atomic mass is 9.89. The fraction of sp³-hybridized carbons (Fsp3) is 0.683. The smallest absolute Gasteiger partial charge is 0.245 e. The first-order chi connectivity index (χ1) is 25.2. The summed E-state index contributed by atoms with van der Waals surface area (Å²) in [4.78, 5) is 62.7. The number of nitrogens with one attached hydrogen (secondary N) is 3. The molecular weight excluding hydrogens is 672 g/mol. The maximum atomic E-state index is 14.2. The summed E-state index contributed by atoms with van der Waals surface area (Å²) >= 11 is 0. The molecule has 3 N–H and O–H groups in total. The number of hydrogen-bond acceptors (Lipinski definition) is 8. The maximum Gasteiger partial charge on any atom is 0.245 e. The summed E-state index contributed by atoms with van der Waals surface area (Å²) < 4.78 is 12.0. The molecule has 296 valence electrons. The molecule has 2 heterocycles. The van der Waals surface area contributed by atoms with Crippen molar-refractivity contribution in [3.63, 3.8) is 0 Å². The van der Waals surface area contributed by atoms with Crippen LogP contribution >= 0.6 is 0 Å². The predicted molar refractivity (Wildman–Crippen MR) is 209 cm³/mol. The van der Waals surface area contributed by atoms with E-state index < -0.39 is 36.3 Å². The van der Waals surface area contributed by atoms with Gasteiger partial charge in [-0.15, -0.1) is 0 Å². The number of carbonyl (C=O) groups excluding carboxylic acids is 4. The van der Waals surface area contributed by atoms with Crippen molar-refractivity contribution >= 4 is 34.4 Å². The van der Waals surface area contributed by atoms with Gasteiger partial charge in [-0.1, -0.05) is 73.1 Å². The van der Waals surface area contributed by atoms with E-state index in [9.17, 15) is 19.2 Å². The van der Waals surface area contributed by atoms with E-state index >= 15 is 0 Å². The number of carbonyl (C=O) groups is 4. The lowest BCUT2D eigenvalue weighted by Crippen LogP contribution is -2.59. The van der Waals surface area contributed by atoms with Crippen LogP contribution in [0.4, 0.5) is 0 Å². The molecule has 1 saturated heterocycles. The molecule has 1 aromatic carbocycles. The Labute approximate surface area is 317 Å². The third-order valence-electron chi connectivity index (χ3n) is 11.2. The summed E-state index contributed by atoms with van der Waals surface area (Å²) in [5.74, 6) is -1.28. The summed E-state index contributed by atoms with van der Waals surface area (Å²) in [5.41, 5.74) is 1.14. The Morgan fingerprint density at radius 2 is 1.68 bits per heavy atom. The molecule has 53 heavy (non-hydrogen) atoms. The number of methoxy groups -OCH3 is 2. The van der Waals surface area contributed by atoms with Crippen molar-refractivity contribution in [1.82, 2.24) is 30.7 Å². The monoisotopic (exact) mass is 739 g/mol. The number of fused-ring (bicyclic) bond motifs is 1. The normalized spacial score (nSPS) is 18.7. The number of pyridine rings is 1. The zero-order chi connectivity index (χ0) is 39.4. The number of ether oxygens (including phenoxy) is 2. The van der Waals surface area contributed by atoms with Crippen molar-refractivity contribution < 1.29 is 28.7 Å². The van der Waals surface area contributed by atoms with E-state index in [2.05, 4.69) is 40.8 Å². The summed E-state index contributed by atoms with van der Waals surface area (Å²) in [5, 5.41) is 11.3. The van der Waals surface area contributed by atoms with Crippen molar-refractivity contribution in [3.8, 4) is 0 Å². The van der Waals surface area contributed by atoms with Crippen molar-refractivity contribution in [2.75, 3.05) is 41.4 Å². The van der Waals surface area contributed by atoms with E-state index in [1.54, 1.807) is 39.4 Å². The molecule has 0 radical (unpaired) electrons. The minimum atomic E-state index is -0.746. The van der Waals surface area contributed by atoms with Gasteiger partial charge < -0.3 is 35.2 Å². The summed E-state index contributed by atoms with van der Waals surface area (Å²) in [6, 6.07) is 6.21. The number of hydrogen-bond donors (Lipinski definition) is 3. The van der Waals surface area contributed by atoms with Gasteiger partial charge in [0.15, 0.2) is 0 Å². The van der Waals surface area contributed by atoms with Crippen LogP contribution in [0.25, 0.3) is 10.8 Å². The van der Waals surface area contributed by atoms with Gasteiger partial charge in [0.2, 0.25) is 23.6 Å². The number of rotatable bonds is 20. The van der Waals surface area contributed by atoms with E-state index in [0.29, 0.717) is 19.5 Å². The van der Waals surface area contributed by atoms with Crippen LogP contribution < -0.4 is 16.0 Å². The Balaban J connectivity index is 1.72. The molecule has 12 nitrogen and oxygen atoms in total. The van der Waals surface area contributed by atoms with Gasteiger partial charge in [0.1, 0.15) is 6.04 Å². The van der Waals surface area contributed by atoms with Gasteiger partial charge in [-0.3, -0.25) is 24.2 Å². The molecule has 0 spiro atoms. The van der Waals surface area contributed by atoms with Crippen LogP contribution in [-0.4, -0.2) is 116 Å². The molecule has 1 aliphatic heterocycles. The fourth-order valence-corrected chi connectivity index (χ4v) is 7.94. The molecule has 0 saturated carbocycles. The van der Waals surface area contributed by atoms with E-state index in [1.165, 1.54) is 0 Å². The second-order valence-electron chi connectivity index (χ2n) is 15.4. The maximum absolute atomic E-state index is 14.2. The summed E-state index contributed by atoms with van der Waals surface area (Å²) in [6.07, 6.45) is 5.54. The number of nitrogens with zero attached hydrogens (tertiary/aromatic N) is 3. The third kappa shape index (κ3) is 11.0. The van der Waals surface area contributed by atoms with Gasteiger partial charge in [0, 0.05) is 52.1 Å². The molecule has 4 amide bonds. The molecule has 1 unspecified atom stereocenters. The molecule has 12 heteroatoms. The highest BCUT2D eigenvalue weighted by molar-refractivity contribution is 5.90. The quantitative estimate of drug-likeness (QED) is 0.184. The van der Waals surface area contributed by atoms with Gasteiger partial charge in [-0.2, -0.15) is 0 Å². The predicted octanol–water partition coefficient (Wildman–Crippen LogP) is 4.20. The highest BCUT2D eigenvalue weighted by atomic mass is 16.5. The minimum Gasteiger partial charge on any atom is -0.379 e. The van der Waals surface area contributed by atoms with E-state index in [0.717, 1.165) is 35.6 Å². The minimum absolute atomic E-state index is 0.00120. The Morgan fingerprint density at radius 1 is 0.981 bits per heavy atom. The van der Waals surface area contributed by atoms with E-state index in [1.807, 2.05) is 63.9 Å². The lowest BCUT2D eigenvalue weighted by Gasteiger charge is -2.41. The number of aromatic nitrogens is 1. The van der Waals surface area contributed by atoms with Crippen molar-refractivity contribution in [2.45, 2.75) is 117 Å². The highest BCUT2D eigenvalue weighted by Gasteiger charge is 2.43. The number of benzene rings is 1. The van der Waals surface area contributed by atoms with Gasteiger partial charge in [0.25, 0.3) is 0 Å². The van der Waals surface area contributed by atoms with Gasteiger partial charge in [0.05, 0.1) is 42.7 Å². The third-order valence-corrected chi connectivity index (χ3v) is 11.2. The Morgan fingerprint density at radius 3 is 2.28 bits per heavy atom. The van der Waals surface area contributed by atoms with Gasteiger partial charge in [-0.25, -0.2) is 0 Å². The fourth-order valence-electron chi connectivity index (χ4n) is 7.94. The average Bonchev–Trinajstić information content (AvgIpc) is 3.63. The second kappa shape index (κ2) is 20.7. The van der Waals surface area contributed by atoms with Crippen LogP contribution in [0.1, 0.15) is 79.7 Å². The Bertz CT molecular complexity index is 1500.